The molecule has 0 aliphatic heterocycles. The van der Waals surface area contributed by atoms with Gasteiger partial charge in [-0.15, -0.1) is 0 Å². The van der Waals surface area contributed by atoms with Crippen molar-refractivity contribution in [1.82, 2.24) is 0 Å². The average Bonchev–Trinajstić information content (AvgIpc) is 3.16. The van der Waals surface area contributed by atoms with Gasteiger partial charge in [0.2, 0.25) is 0 Å². The Hall–Kier alpha value is -2.09. The zero-order chi connectivity index (χ0) is 16.5. The van der Waals surface area contributed by atoms with Crippen LogP contribution in [0.15, 0.2) is 48.5 Å². The number of carbonyl (C=O) groups is 1. The highest BCUT2D eigenvalue weighted by atomic mass is 16.3. The minimum Gasteiger partial charge on any atom is -0.508 e. The maximum Gasteiger partial charge on any atom is 0.141 e. The van der Waals surface area contributed by atoms with Crippen LogP contribution in [0.5, 0.6) is 5.75 Å². The highest BCUT2D eigenvalue weighted by Gasteiger charge is 2.71. The summed E-state index contributed by atoms with van der Waals surface area (Å²) >= 11 is 0. The second-order valence-corrected chi connectivity index (χ2v) is 7.93. The van der Waals surface area contributed by atoms with Gasteiger partial charge in [0.05, 0.1) is 5.92 Å². The SMILES string of the molecule is CC1C2CC(=O)[C@@H](c3ccccc3)[C@@H]3c4ccc(O)cc4CC[C@@]123. The molecule has 2 aromatic carbocycles. The van der Waals surface area contributed by atoms with Gasteiger partial charge < -0.3 is 5.11 Å². The van der Waals surface area contributed by atoms with Crippen LogP contribution in [-0.4, -0.2) is 10.9 Å². The van der Waals surface area contributed by atoms with Crippen LogP contribution in [0.1, 0.15) is 48.3 Å². The highest BCUT2D eigenvalue weighted by Crippen LogP contribution is 2.76. The molecule has 0 amide bonds. The fourth-order valence-electron chi connectivity index (χ4n) is 6.01. The zero-order valence-electron chi connectivity index (χ0n) is 13.9. The van der Waals surface area contributed by atoms with Crippen molar-refractivity contribution in [1.29, 1.82) is 0 Å². The van der Waals surface area contributed by atoms with Crippen molar-refractivity contribution in [2.45, 2.75) is 38.0 Å². The first-order chi connectivity index (χ1) is 11.6. The molecule has 2 nitrogen and oxygen atoms in total. The molecule has 2 unspecified atom stereocenters. The number of aryl methyl sites for hydroxylation is 1. The van der Waals surface area contributed by atoms with E-state index in [0.29, 0.717) is 28.8 Å². The molecule has 5 rings (SSSR count). The molecule has 1 spiro atoms. The summed E-state index contributed by atoms with van der Waals surface area (Å²) in [5.74, 6) is 2.15. The van der Waals surface area contributed by atoms with Gasteiger partial charge in [-0.05, 0) is 58.9 Å². The Balaban J connectivity index is 1.71. The summed E-state index contributed by atoms with van der Waals surface area (Å²) in [6, 6.07) is 16.1. The molecule has 24 heavy (non-hydrogen) atoms. The van der Waals surface area contributed by atoms with Gasteiger partial charge in [0.25, 0.3) is 0 Å². The molecule has 1 N–H and O–H groups in total. The van der Waals surface area contributed by atoms with Gasteiger partial charge in [0.15, 0.2) is 0 Å². The number of hydrogen-bond acceptors (Lipinski definition) is 2. The smallest absolute Gasteiger partial charge is 0.141 e. The second-order valence-electron chi connectivity index (χ2n) is 7.93. The van der Waals surface area contributed by atoms with Crippen molar-refractivity contribution in [3.05, 3.63) is 65.2 Å². The number of aromatic hydroxyl groups is 1. The molecule has 0 radical (unpaired) electrons. The van der Waals surface area contributed by atoms with E-state index >= 15 is 0 Å². The topological polar surface area (TPSA) is 37.3 Å². The Morgan fingerprint density at radius 1 is 1.12 bits per heavy atom. The zero-order valence-corrected chi connectivity index (χ0v) is 13.9. The van der Waals surface area contributed by atoms with E-state index in [4.69, 9.17) is 0 Å². The number of phenols is 1. The van der Waals surface area contributed by atoms with Gasteiger partial charge in [-0.3, -0.25) is 4.79 Å². The molecule has 3 aliphatic rings. The number of carbonyl (C=O) groups excluding carboxylic acids is 1. The van der Waals surface area contributed by atoms with Crippen LogP contribution in [0, 0.1) is 17.3 Å². The number of Topliss-reactive ketones (excluding diaryl/α,β-unsaturated/α-hetero) is 1. The van der Waals surface area contributed by atoms with Gasteiger partial charge in [-0.2, -0.15) is 0 Å². The monoisotopic (exact) mass is 318 g/mol. The van der Waals surface area contributed by atoms with Crippen LogP contribution in [0.25, 0.3) is 0 Å². The molecule has 2 heteroatoms. The van der Waals surface area contributed by atoms with Crippen molar-refractivity contribution in [3.8, 4) is 5.75 Å². The van der Waals surface area contributed by atoms with E-state index in [1.165, 1.54) is 11.1 Å². The van der Waals surface area contributed by atoms with Crippen LogP contribution in [-0.2, 0) is 11.2 Å². The van der Waals surface area contributed by atoms with Crippen LogP contribution in [0.3, 0.4) is 0 Å². The Labute approximate surface area is 142 Å². The standard InChI is InChI=1S/C22H22O2/c1-13-18-12-19(24)20(14-5-3-2-4-6-14)21-17-8-7-16(23)11-15(17)9-10-22(13,18)21/h2-8,11,13,18,20-21,23H,9-10,12H2,1H3/t13?,18?,20-,21+,22-/m1/s1. The molecule has 0 saturated heterocycles. The number of phenolic OH excluding ortho intramolecular Hbond substituents is 1. The minimum atomic E-state index is -0.0315. The molecule has 2 fully saturated rings. The molecule has 0 bridgehead atoms. The van der Waals surface area contributed by atoms with E-state index in [-0.39, 0.29) is 11.8 Å². The quantitative estimate of drug-likeness (QED) is 0.844. The lowest BCUT2D eigenvalue weighted by molar-refractivity contribution is -0.123. The number of fused-ring (bicyclic) bond motifs is 2. The van der Waals surface area contributed by atoms with Gasteiger partial charge in [-0.25, -0.2) is 0 Å². The Morgan fingerprint density at radius 3 is 2.71 bits per heavy atom. The summed E-state index contributed by atoms with van der Waals surface area (Å²) < 4.78 is 0. The van der Waals surface area contributed by atoms with Crippen molar-refractivity contribution in [3.63, 3.8) is 0 Å². The van der Waals surface area contributed by atoms with Crippen LogP contribution >= 0.6 is 0 Å². The van der Waals surface area contributed by atoms with Gasteiger partial charge in [0.1, 0.15) is 11.5 Å². The summed E-state index contributed by atoms with van der Waals surface area (Å²) in [6.45, 7) is 2.34. The summed E-state index contributed by atoms with van der Waals surface area (Å²) in [5, 5.41) is 9.88. The molecule has 2 saturated carbocycles. The lowest BCUT2D eigenvalue weighted by Crippen LogP contribution is -2.37. The Kier molecular flexibility index (Phi) is 2.81. The minimum absolute atomic E-state index is 0.0315. The average molecular weight is 318 g/mol. The van der Waals surface area contributed by atoms with Gasteiger partial charge in [-0.1, -0.05) is 43.3 Å². The summed E-state index contributed by atoms with van der Waals surface area (Å²) in [7, 11) is 0. The van der Waals surface area contributed by atoms with E-state index < -0.39 is 0 Å². The third-order valence-corrected chi connectivity index (χ3v) is 7.16. The van der Waals surface area contributed by atoms with Gasteiger partial charge >= 0.3 is 0 Å². The third kappa shape index (κ3) is 1.69. The number of hydrogen-bond donors (Lipinski definition) is 1. The van der Waals surface area contributed by atoms with Crippen molar-refractivity contribution in [2.75, 3.05) is 0 Å². The van der Waals surface area contributed by atoms with Gasteiger partial charge in [0, 0.05) is 12.3 Å². The Morgan fingerprint density at radius 2 is 1.92 bits per heavy atom. The first-order valence-electron chi connectivity index (χ1n) is 9.02. The number of benzene rings is 2. The van der Waals surface area contributed by atoms with Crippen LogP contribution in [0.2, 0.25) is 0 Å². The molecule has 3 aliphatic carbocycles. The van der Waals surface area contributed by atoms with E-state index in [2.05, 4.69) is 25.1 Å². The largest absolute Gasteiger partial charge is 0.508 e. The lowest BCUT2D eigenvalue weighted by Gasteiger charge is -2.43. The predicted molar refractivity (Wildman–Crippen MR) is 93.1 cm³/mol. The highest BCUT2D eigenvalue weighted by molar-refractivity contribution is 5.89. The lowest BCUT2D eigenvalue weighted by atomic mass is 9.60. The predicted octanol–water partition coefficient (Wildman–Crippen LogP) is 4.43. The first-order valence-corrected chi connectivity index (χ1v) is 9.02. The molecule has 5 atom stereocenters. The van der Waals surface area contributed by atoms with Crippen molar-refractivity contribution in [2.24, 2.45) is 17.3 Å². The summed E-state index contributed by atoms with van der Waals surface area (Å²) in [4.78, 5) is 13.1. The molecule has 122 valence electrons. The van der Waals surface area contributed by atoms with E-state index in [0.717, 1.165) is 24.8 Å². The maximum atomic E-state index is 13.1. The van der Waals surface area contributed by atoms with Crippen molar-refractivity contribution < 1.29 is 9.90 Å². The van der Waals surface area contributed by atoms with E-state index in [9.17, 15) is 9.90 Å². The van der Waals surface area contributed by atoms with E-state index in [1.807, 2.05) is 24.3 Å². The molecular weight excluding hydrogens is 296 g/mol. The first kappa shape index (κ1) is 14.3. The van der Waals surface area contributed by atoms with E-state index in [1.54, 1.807) is 6.07 Å². The van der Waals surface area contributed by atoms with Crippen LogP contribution in [0.4, 0.5) is 0 Å². The van der Waals surface area contributed by atoms with Crippen molar-refractivity contribution >= 4 is 5.78 Å². The summed E-state index contributed by atoms with van der Waals surface area (Å²) in [6.07, 6.45) is 2.91. The Bertz CT molecular complexity index is 825. The normalized spacial score (nSPS) is 36.5. The number of rotatable bonds is 1. The fourth-order valence-corrected chi connectivity index (χ4v) is 6.01. The molecule has 0 heterocycles. The van der Waals surface area contributed by atoms with Crippen LogP contribution < -0.4 is 0 Å². The third-order valence-electron chi connectivity index (χ3n) is 7.16. The molecule has 0 aromatic heterocycles. The molecular formula is C22H22O2. The fraction of sp³-hybridized carbons (Fsp3) is 0.409. The maximum absolute atomic E-state index is 13.1. The molecule has 2 aromatic rings. The second kappa shape index (κ2) is 4.72. The number of ketones is 1. The summed E-state index contributed by atoms with van der Waals surface area (Å²) in [5.41, 5.74) is 3.98.